The minimum absolute atomic E-state index is 0.0337. The van der Waals surface area contributed by atoms with Crippen LogP contribution in [-0.2, 0) is 14.3 Å². The van der Waals surface area contributed by atoms with Crippen LogP contribution in [0.15, 0.2) is 53.0 Å². The quantitative estimate of drug-likeness (QED) is 0.293. The number of ether oxygens (including phenoxy) is 3. The van der Waals surface area contributed by atoms with Gasteiger partial charge in [-0.25, -0.2) is 0 Å². The predicted octanol–water partition coefficient (Wildman–Crippen LogP) is 2.29. The summed E-state index contributed by atoms with van der Waals surface area (Å²) in [4.78, 5) is 39.2. The fourth-order valence-electron chi connectivity index (χ4n) is 3.30. The van der Waals surface area contributed by atoms with Gasteiger partial charge in [-0.3, -0.25) is 19.7 Å². The number of para-hydroxylation sites is 1. The highest BCUT2D eigenvalue weighted by molar-refractivity contribution is 9.10. The molecule has 1 saturated heterocycles. The number of carbonyl (C=O) groups excluding carboxylic acids is 3. The first-order chi connectivity index (χ1) is 16.4. The Labute approximate surface area is 210 Å². The maximum absolute atomic E-state index is 12.8. The van der Waals surface area contributed by atoms with Gasteiger partial charge in [0.2, 0.25) is 5.91 Å². The van der Waals surface area contributed by atoms with Gasteiger partial charge >= 0.3 is 5.97 Å². The molecule has 3 rings (SSSR count). The van der Waals surface area contributed by atoms with E-state index in [-0.39, 0.29) is 36.2 Å². The minimum atomic E-state index is -0.909. The summed E-state index contributed by atoms with van der Waals surface area (Å²) in [5.41, 5.74) is 0.273. The third-order valence-corrected chi connectivity index (χ3v) is 5.77. The fourth-order valence-corrected chi connectivity index (χ4v) is 3.98. The molecule has 1 heterocycles. The van der Waals surface area contributed by atoms with Gasteiger partial charge in [-0.15, -0.1) is 0 Å². The summed E-state index contributed by atoms with van der Waals surface area (Å²) < 4.78 is 16.6. The van der Waals surface area contributed by atoms with Crippen LogP contribution in [-0.4, -0.2) is 67.3 Å². The summed E-state index contributed by atoms with van der Waals surface area (Å²) in [5.74, 6) is -0.405. The van der Waals surface area contributed by atoms with E-state index < -0.39 is 17.9 Å². The Bertz CT molecular complexity index is 1050. The molecule has 1 fully saturated rings. The molecule has 0 aliphatic carbocycles. The van der Waals surface area contributed by atoms with Crippen LogP contribution >= 0.6 is 28.1 Å². The van der Waals surface area contributed by atoms with E-state index in [1.54, 1.807) is 30.3 Å². The number of methoxy groups -OCH3 is 1. The molecule has 180 valence electrons. The van der Waals surface area contributed by atoms with Crippen LogP contribution in [0, 0.1) is 0 Å². The number of benzene rings is 2. The van der Waals surface area contributed by atoms with Crippen molar-refractivity contribution in [2.45, 2.75) is 12.5 Å². The summed E-state index contributed by atoms with van der Waals surface area (Å²) >= 11 is 8.72. The largest absolute Gasteiger partial charge is 0.496 e. The Hall–Kier alpha value is -3.18. The Kier molecular flexibility index (Phi) is 9.23. The lowest BCUT2D eigenvalue weighted by Gasteiger charge is -2.36. The fraction of sp³-hybridized carbons (Fsp3) is 0.304. The van der Waals surface area contributed by atoms with Gasteiger partial charge in [0, 0.05) is 17.6 Å². The van der Waals surface area contributed by atoms with Gasteiger partial charge in [0.25, 0.3) is 5.91 Å². The summed E-state index contributed by atoms with van der Waals surface area (Å²) in [7, 11) is 1.46. The Morgan fingerprint density at radius 1 is 1.21 bits per heavy atom. The Balaban J connectivity index is 1.56. The molecule has 1 unspecified atom stereocenters. The van der Waals surface area contributed by atoms with E-state index >= 15 is 0 Å². The van der Waals surface area contributed by atoms with Crippen LogP contribution in [0.1, 0.15) is 16.8 Å². The van der Waals surface area contributed by atoms with E-state index in [2.05, 4.69) is 26.6 Å². The molecule has 0 aromatic heterocycles. The predicted molar refractivity (Wildman–Crippen MR) is 132 cm³/mol. The van der Waals surface area contributed by atoms with Crippen molar-refractivity contribution >= 4 is 51.0 Å². The van der Waals surface area contributed by atoms with Crippen LogP contribution in [0.25, 0.3) is 0 Å². The highest BCUT2D eigenvalue weighted by Gasteiger charge is 2.34. The third-order valence-electron chi connectivity index (χ3n) is 4.94. The van der Waals surface area contributed by atoms with Crippen molar-refractivity contribution in [1.82, 2.24) is 15.5 Å². The first-order valence-corrected chi connectivity index (χ1v) is 11.7. The molecule has 0 saturated carbocycles. The number of halogens is 1. The van der Waals surface area contributed by atoms with Gasteiger partial charge < -0.3 is 24.4 Å². The molecule has 11 heteroatoms. The molecule has 2 aromatic rings. The number of nitrogens with one attached hydrogen (secondary N) is 2. The van der Waals surface area contributed by atoms with E-state index in [0.29, 0.717) is 29.1 Å². The average molecular weight is 550 g/mol. The second-order valence-corrected chi connectivity index (χ2v) is 8.49. The Morgan fingerprint density at radius 3 is 2.71 bits per heavy atom. The van der Waals surface area contributed by atoms with E-state index in [0.717, 1.165) is 0 Å². The highest BCUT2D eigenvalue weighted by atomic mass is 79.9. The zero-order chi connectivity index (χ0) is 24.5. The molecule has 1 atom stereocenters. The van der Waals surface area contributed by atoms with Gasteiger partial charge in [0.1, 0.15) is 30.8 Å². The maximum atomic E-state index is 12.8. The van der Waals surface area contributed by atoms with Crippen molar-refractivity contribution in [2.24, 2.45) is 0 Å². The first kappa shape index (κ1) is 25.4. The van der Waals surface area contributed by atoms with Crippen LogP contribution in [0.3, 0.4) is 0 Å². The molecule has 2 N–H and O–H groups in total. The lowest BCUT2D eigenvalue weighted by molar-refractivity contribution is -0.148. The smallest absolute Gasteiger partial charge is 0.308 e. The minimum Gasteiger partial charge on any atom is -0.496 e. The van der Waals surface area contributed by atoms with Gasteiger partial charge in [0.15, 0.2) is 5.11 Å². The van der Waals surface area contributed by atoms with Gasteiger partial charge in [0.05, 0.1) is 19.1 Å². The van der Waals surface area contributed by atoms with Gasteiger partial charge in [-0.2, -0.15) is 0 Å². The average Bonchev–Trinajstić information content (AvgIpc) is 2.83. The van der Waals surface area contributed by atoms with Crippen LogP contribution in [0.2, 0.25) is 0 Å². The third kappa shape index (κ3) is 6.91. The number of piperazine rings is 1. The summed E-state index contributed by atoms with van der Waals surface area (Å²) in [6.07, 6.45) is -0.229. The standard InChI is InChI=1S/C23H24BrN3O6S/c1-31-19-8-7-15(24)13-17(19)21(29)26-23(34)27-10-9-25-22(30)18(27)14-20(28)33-12-11-32-16-5-3-2-4-6-16/h2-8,13,18H,9-12,14H2,1H3,(H,25,30)(H,26,29,34). The maximum Gasteiger partial charge on any atom is 0.308 e. The number of carbonyl (C=O) groups is 3. The van der Waals surface area contributed by atoms with Crippen molar-refractivity contribution in [1.29, 1.82) is 0 Å². The number of nitrogens with zero attached hydrogens (tertiary/aromatic N) is 1. The van der Waals surface area contributed by atoms with E-state index in [9.17, 15) is 14.4 Å². The summed E-state index contributed by atoms with van der Waals surface area (Å²) in [6.45, 7) is 0.867. The number of hydrogen-bond donors (Lipinski definition) is 2. The molecule has 1 aliphatic rings. The molecular formula is C23H24BrN3O6S. The molecule has 0 bridgehead atoms. The molecule has 0 radical (unpaired) electrons. The second kappa shape index (κ2) is 12.3. The molecule has 0 spiro atoms. The van der Waals surface area contributed by atoms with Crippen molar-refractivity contribution in [3.05, 3.63) is 58.6 Å². The molecule has 9 nitrogen and oxygen atoms in total. The zero-order valence-corrected chi connectivity index (χ0v) is 20.8. The number of amides is 2. The van der Waals surface area contributed by atoms with Crippen molar-refractivity contribution in [3.63, 3.8) is 0 Å². The van der Waals surface area contributed by atoms with Gasteiger partial charge in [-0.05, 0) is 42.5 Å². The SMILES string of the molecule is COc1ccc(Br)cc1C(=O)NC(=S)N1CCNC(=O)C1CC(=O)OCCOc1ccccc1. The van der Waals surface area contributed by atoms with Crippen LogP contribution < -0.4 is 20.1 Å². The number of hydrogen-bond acceptors (Lipinski definition) is 7. The van der Waals surface area contributed by atoms with Crippen LogP contribution in [0.5, 0.6) is 11.5 Å². The normalized spacial score (nSPS) is 15.2. The first-order valence-electron chi connectivity index (χ1n) is 10.5. The van der Waals surface area contributed by atoms with Crippen molar-refractivity contribution in [3.8, 4) is 11.5 Å². The summed E-state index contributed by atoms with van der Waals surface area (Å²) in [6, 6.07) is 13.2. The number of thiocarbonyl (C=S) groups is 1. The monoisotopic (exact) mass is 549 g/mol. The Morgan fingerprint density at radius 2 is 1.97 bits per heavy atom. The molecule has 2 amide bonds. The number of esters is 1. The molecule has 34 heavy (non-hydrogen) atoms. The summed E-state index contributed by atoms with van der Waals surface area (Å²) in [5, 5.41) is 5.37. The van der Waals surface area contributed by atoms with Crippen molar-refractivity contribution < 1.29 is 28.6 Å². The van der Waals surface area contributed by atoms with E-state index in [4.69, 9.17) is 26.4 Å². The van der Waals surface area contributed by atoms with E-state index in [1.807, 2.05) is 18.2 Å². The molecule has 2 aromatic carbocycles. The number of rotatable bonds is 8. The topological polar surface area (TPSA) is 106 Å². The van der Waals surface area contributed by atoms with Gasteiger partial charge in [-0.1, -0.05) is 34.1 Å². The molecular weight excluding hydrogens is 526 g/mol. The lowest BCUT2D eigenvalue weighted by atomic mass is 10.1. The lowest BCUT2D eigenvalue weighted by Crippen LogP contribution is -2.60. The second-order valence-electron chi connectivity index (χ2n) is 7.19. The highest BCUT2D eigenvalue weighted by Crippen LogP contribution is 2.23. The zero-order valence-electron chi connectivity index (χ0n) is 18.4. The van der Waals surface area contributed by atoms with Crippen molar-refractivity contribution in [2.75, 3.05) is 33.4 Å². The molecule has 1 aliphatic heterocycles. The van der Waals surface area contributed by atoms with E-state index in [1.165, 1.54) is 12.0 Å². The van der Waals surface area contributed by atoms with Crippen LogP contribution in [0.4, 0.5) is 0 Å².